The summed E-state index contributed by atoms with van der Waals surface area (Å²) in [5.41, 5.74) is 0. The maximum Gasteiger partial charge on any atom is 0.490 e. The summed E-state index contributed by atoms with van der Waals surface area (Å²) >= 11 is -10.1. The third kappa shape index (κ3) is 6.98. The fourth-order valence-corrected chi connectivity index (χ4v) is 2.10. The van der Waals surface area contributed by atoms with Crippen LogP contribution < -0.4 is 16.8 Å². The van der Waals surface area contributed by atoms with E-state index in [4.69, 9.17) is 0 Å². The number of halogens is 2. The van der Waals surface area contributed by atoms with Gasteiger partial charge in [0.1, 0.15) is 6.55 Å². The SMILES string of the molecule is O=S(O[Br+2]([O-])[O-])O[Br+2]([O-])[O-]. The molecule has 0 saturated carbocycles. The van der Waals surface area contributed by atoms with Crippen molar-refractivity contribution in [3.05, 3.63) is 0 Å². The van der Waals surface area contributed by atoms with Gasteiger partial charge in [0.2, 0.25) is 0 Å². The lowest BCUT2D eigenvalue weighted by molar-refractivity contribution is -1.63. The zero-order chi connectivity index (χ0) is 8.15. The van der Waals surface area contributed by atoms with Gasteiger partial charge in [-0.15, -0.1) is 0 Å². The molecular weight excluding hydrogens is 304 g/mol. The van der Waals surface area contributed by atoms with Gasteiger partial charge in [-0.1, -0.05) is 0 Å². The second-order valence-corrected chi connectivity index (χ2v) is 4.54. The van der Waals surface area contributed by atoms with Gasteiger partial charge in [-0.05, 0) is 0 Å². The van der Waals surface area contributed by atoms with Crippen molar-refractivity contribution in [1.82, 2.24) is 0 Å². The van der Waals surface area contributed by atoms with Crippen molar-refractivity contribution in [1.29, 1.82) is 0 Å². The number of rotatable bonds is 4. The molecule has 0 aromatic heterocycles. The normalized spacial score (nSPS) is 11.9. The molecule has 0 amide bonds. The second kappa shape index (κ2) is 5.51. The summed E-state index contributed by atoms with van der Waals surface area (Å²) in [6.07, 6.45) is 0. The zero-order valence-electron chi connectivity index (χ0n) is 4.02. The van der Waals surface area contributed by atoms with Gasteiger partial charge in [0.05, 0.1) is 0 Å². The highest BCUT2D eigenvalue weighted by Crippen LogP contribution is 1.91. The summed E-state index contributed by atoms with van der Waals surface area (Å²) in [4.78, 5) is 0. The van der Waals surface area contributed by atoms with Gasteiger partial charge in [-0.2, -0.15) is 4.21 Å². The standard InChI is InChI=1S/Br2O7S/c3-1(4)8-10(7)9-2(5)6. The predicted octanol–water partition coefficient (Wildman–Crippen LogP) is -5.23. The van der Waals surface area contributed by atoms with Crippen LogP contribution in [-0.4, -0.2) is 4.21 Å². The predicted molar refractivity (Wildman–Crippen MR) is 10.3 cm³/mol. The smallest absolute Gasteiger partial charge is 0.371 e. The van der Waals surface area contributed by atoms with Crippen LogP contribution in [0.1, 0.15) is 0 Å². The molecule has 10 heavy (non-hydrogen) atoms. The van der Waals surface area contributed by atoms with E-state index in [2.05, 4.69) is 6.55 Å². The minimum Gasteiger partial charge on any atom is -0.371 e. The Morgan fingerprint density at radius 2 is 1.30 bits per heavy atom. The van der Waals surface area contributed by atoms with Crippen molar-refractivity contribution in [2.45, 2.75) is 0 Å². The van der Waals surface area contributed by atoms with Gasteiger partial charge in [0, 0.05) is 0 Å². The van der Waals surface area contributed by atoms with E-state index in [0.717, 1.165) is 0 Å². The molecule has 0 spiro atoms. The van der Waals surface area contributed by atoms with Crippen LogP contribution in [0.2, 0.25) is 0 Å². The largest absolute Gasteiger partial charge is 0.490 e. The van der Waals surface area contributed by atoms with Crippen LogP contribution >= 0.6 is 0 Å². The minimum absolute atomic E-state index is 2.74. The number of hydrogen-bond donors (Lipinski definition) is 0. The van der Waals surface area contributed by atoms with E-state index in [0.29, 0.717) is 0 Å². The quantitative estimate of drug-likeness (QED) is 0.507. The molecule has 0 rings (SSSR count). The van der Waals surface area contributed by atoms with Crippen molar-refractivity contribution in [3.8, 4) is 0 Å². The fourth-order valence-electron chi connectivity index (χ4n) is 0.0937. The third-order valence-corrected chi connectivity index (χ3v) is 3.21. The highest BCUT2D eigenvalue weighted by Gasteiger charge is 2.30. The summed E-state index contributed by atoms with van der Waals surface area (Å²) in [7, 11) is 0. The van der Waals surface area contributed by atoms with Gasteiger partial charge in [0.15, 0.2) is 0 Å². The van der Waals surface area contributed by atoms with Crippen LogP contribution in [0.5, 0.6) is 0 Å². The molecule has 0 aromatic rings. The first-order valence-electron chi connectivity index (χ1n) is 1.43. The van der Waals surface area contributed by atoms with Gasteiger partial charge in [-0.3, -0.25) is 0 Å². The van der Waals surface area contributed by atoms with Gasteiger partial charge in [0.25, 0.3) is 0 Å². The van der Waals surface area contributed by atoms with E-state index in [1.807, 2.05) is 0 Å². The van der Waals surface area contributed by atoms with E-state index >= 15 is 0 Å². The summed E-state index contributed by atoms with van der Waals surface area (Å²) in [5, 5.41) is 0. The highest BCUT2D eigenvalue weighted by molar-refractivity contribution is 7.74. The van der Waals surface area contributed by atoms with Crippen molar-refractivity contribution < 1.29 is 57.2 Å². The lowest BCUT2D eigenvalue weighted by atomic mass is 15.8. The first-order chi connectivity index (χ1) is 4.52. The molecule has 0 bridgehead atoms. The van der Waals surface area contributed by atoms with Crippen molar-refractivity contribution in [3.63, 3.8) is 0 Å². The highest BCUT2D eigenvalue weighted by atomic mass is 80.0. The topological polar surface area (TPSA) is 128 Å². The van der Waals surface area contributed by atoms with Gasteiger partial charge < -0.3 is 16.8 Å². The van der Waals surface area contributed by atoms with E-state index in [9.17, 15) is 21.0 Å². The Morgan fingerprint density at radius 1 is 1.00 bits per heavy atom. The molecule has 62 valence electrons. The molecule has 0 fully saturated rings. The molecule has 0 N–H and O–H groups in total. The van der Waals surface area contributed by atoms with Crippen molar-refractivity contribution >= 4 is 11.4 Å². The maximum atomic E-state index is 9.98. The summed E-state index contributed by atoms with van der Waals surface area (Å²) < 4.78 is 55.2. The molecule has 0 aliphatic carbocycles. The Bertz CT molecular complexity index is 98.2. The Hall–Kier alpha value is 0.870. The van der Waals surface area contributed by atoms with E-state index in [1.165, 1.54) is 0 Å². The Balaban J connectivity index is 3.44. The summed E-state index contributed by atoms with van der Waals surface area (Å²) in [5.74, 6) is 0. The lowest BCUT2D eigenvalue weighted by Gasteiger charge is -1.86. The first-order valence-corrected chi connectivity index (χ1v) is 6.31. The molecule has 0 atom stereocenters. The third-order valence-electron chi connectivity index (χ3n) is 0.206. The molecule has 0 heterocycles. The molecule has 0 saturated heterocycles. The Labute approximate surface area is 68.7 Å². The summed E-state index contributed by atoms with van der Waals surface area (Å²) in [6.45, 7) is 0. The van der Waals surface area contributed by atoms with Crippen LogP contribution in [-0.2, 0) is 17.9 Å². The Morgan fingerprint density at radius 3 is 1.50 bits per heavy atom. The monoisotopic (exact) mass is 302 g/mol. The molecule has 10 heteroatoms. The number of hydrogen-bond acceptors (Lipinski definition) is 7. The average Bonchev–Trinajstić information content (AvgIpc) is 1.58. The molecule has 0 aromatic carbocycles. The molecule has 0 aliphatic rings. The van der Waals surface area contributed by atoms with Gasteiger partial charge >= 0.3 is 41.0 Å². The summed E-state index contributed by atoms with van der Waals surface area (Å²) in [6, 6.07) is 0. The van der Waals surface area contributed by atoms with Crippen LogP contribution in [0.4, 0.5) is 0 Å². The van der Waals surface area contributed by atoms with Crippen molar-refractivity contribution in [2.24, 2.45) is 0 Å². The zero-order valence-corrected chi connectivity index (χ0v) is 8.01. The molecule has 7 nitrogen and oxygen atoms in total. The van der Waals surface area contributed by atoms with E-state index < -0.39 is 41.0 Å². The lowest BCUT2D eigenvalue weighted by Crippen LogP contribution is -2.39. The first kappa shape index (κ1) is 10.9. The minimum atomic E-state index is -3.68. The maximum absolute atomic E-state index is 9.98. The van der Waals surface area contributed by atoms with Crippen LogP contribution in [0.3, 0.4) is 0 Å². The molecule has 0 radical (unpaired) electrons. The van der Waals surface area contributed by atoms with Crippen LogP contribution in [0.15, 0.2) is 0 Å². The average molecular weight is 304 g/mol. The van der Waals surface area contributed by atoms with Crippen molar-refractivity contribution in [2.75, 3.05) is 0 Å². The van der Waals surface area contributed by atoms with Crippen LogP contribution in [0.25, 0.3) is 0 Å². The molecule has 0 aliphatic heterocycles. The van der Waals surface area contributed by atoms with Gasteiger partial charge in [-0.25, -0.2) is 0 Å². The van der Waals surface area contributed by atoms with E-state index in [1.54, 1.807) is 0 Å². The molecule has 0 unspecified atom stereocenters. The fraction of sp³-hybridized carbons (Fsp3) is 0. The molecular formula is Br2O7S. The second-order valence-electron chi connectivity index (χ2n) is 0.708. The Kier molecular flexibility index (Phi) is 5.99. The van der Waals surface area contributed by atoms with Crippen LogP contribution in [0, 0.1) is 29.6 Å². The van der Waals surface area contributed by atoms with E-state index in [-0.39, 0.29) is 0 Å².